The predicted molar refractivity (Wildman–Crippen MR) is 98.9 cm³/mol. The predicted octanol–water partition coefficient (Wildman–Crippen LogP) is 3.55. The van der Waals surface area contributed by atoms with Crippen LogP contribution in [-0.4, -0.2) is 31.7 Å². The second-order valence-corrected chi connectivity index (χ2v) is 5.63. The number of nitrogens with one attached hydrogen (secondary N) is 1. The molecule has 1 N–H and O–H groups in total. The molecule has 0 spiro atoms. The maximum Gasteiger partial charge on any atom is 0.387 e. The fraction of sp³-hybridized carbons (Fsp3) is 0.250. The van der Waals surface area contributed by atoms with Crippen molar-refractivity contribution in [2.45, 2.75) is 20.0 Å². The molecule has 7 nitrogen and oxygen atoms in total. The van der Waals surface area contributed by atoms with Gasteiger partial charge in [-0.15, -0.1) is 0 Å². The number of nitrogens with zero attached hydrogens (tertiary/aromatic N) is 1. The van der Waals surface area contributed by atoms with Gasteiger partial charge in [0.1, 0.15) is 0 Å². The lowest BCUT2D eigenvalue weighted by molar-refractivity contribution is -0.119. The van der Waals surface area contributed by atoms with Gasteiger partial charge in [0.2, 0.25) is 0 Å². The van der Waals surface area contributed by atoms with Crippen molar-refractivity contribution < 1.29 is 32.6 Å². The average molecular weight is 404 g/mol. The zero-order valence-electron chi connectivity index (χ0n) is 15.5. The number of halogens is 2. The van der Waals surface area contributed by atoms with E-state index in [1.807, 2.05) is 6.07 Å². The van der Waals surface area contributed by atoms with Crippen LogP contribution in [0.25, 0.3) is 0 Å². The fourth-order valence-electron chi connectivity index (χ4n) is 2.31. The van der Waals surface area contributed by atoms with Gasteiger partial charge in [0.15, 0.2) is 18.1 Å². The highest BCUT2D eigenvalue weighted by molar-refractivity contribution is 5.95. The van der Waals surface area contributed by atoms with Crippen LogP contribution in [0.4, 0.5) is 14.5 Å². The van der Waals surface area contributed by atoms with Crippen LogP contribution in [-0.2, 0) is 16.0 Å². The summed E-state index contributed by atoms with van der Waals surface area (Å²) in [6, 6.07) is 12.3. The number of nitriles is 1. The lowest BCUT2D eigenvalue weighted by Crippen LogP contribution is -2.21. The van der Waals surface area contributed by atoms with Crippen molar-refractivity contribution in [3.63, 3.8) is 0 Å². The highest BCUT2D eigenvalue weighted by Gasteiger charge is 2.16. The summed E-state index contributed by atoms with van der Waals surface area (Å²) in [6.45, 7) is -1.76. The van der Waals surface area contributed by atoms with Gasteiger partial charge in [-0.3, -0.25) is 4.79 Å². The molecule has 152 valence electrons. The van der Waals surface area contributed by atoms with E-state index in [2.05, 4.69) is 10.1 Å². The molecular weight excluding hydrogens is 386 g/mol. The van der Waals surface area contributed by atoms with Crippen LogP contribution in [0.15, 0.2) is 42.5 Å². The number of amides is 1. The number of hydrogen-bond donors (Lipinski definition) is 1. The summed E-state index contributed by atoms with van der Waals surface area (Å²) in [5.74, 6) is -1.64. The summed E-state index contributed by atoms with van der Waals surface area (Å²) < 4.78 is 39.3. The first kappa shape index (κ1) is 21.6. The molecule has 0 bridgehead atoms. The van der Waals surface area contributed by atoms with E-state index < -0.39 is 25.1 Å². The molecule has 0 aliphatic heterocycles. The summed E-state index contributed by atoms with van der Waals surface area (Å²) in [6.07, 6.45) is 0.261. The van der Waals surface area contributed by atoms with E-state index in [-0.39, 0.29) is 30.1 Å². The van der Waals surface area contributed by atoms with Crippen molar-refractivity contribution in [3.8, 4) is 17.6 Å². The number of ether oxygens (including phenoxy) is 3. The molecule has 2 rings (SSSR count). The van der Waals surface area contributed by atoms with E-state index in [9.17, 15) is 18.4 Å². The van der Waals surface area contributed by atoms with E-state index >= 15 is 0 Å². The second kappa shape index (κ2) is 10.6. The molecule has 0 radical (unpaired) electrons. The van der Waals surface area contributed by atoms with Crippen molar-refractivity contribution in [1.82, 2.24) is 0 Å². The average Bonchev–Trinajstić information content (AvgIpc) is 2.69. The smallest absolute Gasteiger partial charge is 0.387 e. The summed E-state index contributed by atoms with van der Waals surface area (Å²) in [4.78, 5) is 24.1. The zero-order chi connectivity index (χ0) is 21.2. The normalized spacial score (nSPS) is 10.2. The lowest BCUT2D eigenvalue weighted by atomic mass is 10.1. The molecule has 2 aromatic carbocycles. The SMILES string of the molecule is CCOc1cc(C(=O)OCC(=O)Nc2ccc(CC#N)cc2)ccc1OC(F)F. The van der Waals surface area contributed by atoms with E-state index in [0.29, 0.717) is 5.69 Å². The van der Waals surface area contributed by atoms with Crippen molar-refractivity contribution in [2.24, 2.45) is 0 Å². The van der Waals surface area contributed by atoms with Crippen molar-refractivity contribution in [3.05, 3.63) is 53.6 Å². The third kappa shape index (κ3) is 6.77. The van der Waals surface area contributed by atoms with Gasteiger partial charge in [0.05, 0.1) is 24.7 Å². The molecule has 0 aliphatic carbocycles. The number of alkyl halides is 2. The molecule has 0 heterocycles. The molecule has 0 saturated heterocycles. The number of carbonyl (C=O) groups is 2. The Morgan fingerprint density at radius 2 is 1.86 bits per heavy atom. The standard InChI is InChI=1S/C20H18F2N2O5/c1-2-27-17-11-14(5-8-16(17)29-20(21)22)19(26)28-12-18(25)24-15-6-3-13(4-7-15)9-10-23/h3-8,11,20H,2,9,12H2,1H3,(H,24,25). The van der Waals surface area contributed by atoms with Gasteiger partial charge in [0.25, 0.3) is 5.91 Å². The topological polar surface area (TPSA) is 97.6 Å². The second-order valence-electron chi connectivity index (χ2n) is 5.63. The third-order valence-corrected chi connectivity index (χ3v) is 3.55. The maximum atomic E-state index is 12.4. The maximum absolute atomic E-state index is 12.4. The van der Waals surface area contributed by atoms with Gasteiger partial charge in [0, 0.05) is 5.69 Å². The van der Waals surface area contributed by atoms with Crippen LogP contribution in [0, 0.1) is 11.3 Å². The minimum absolute atomic E-state index is 0.0173. The molecule has 29 heavy (non-hydrogen) atoms. The highest BCUT2D eigenvalue weighted by atomic mass is 19.3. The molecule has 9 heteroatoms. The minimum atomic E-state index is -3.04. The molecule has 0 atom stereocenters. The first-order chi connectivity index (χ1) is 13.9. The molecule has 2 aromatic rings. The Hall–Kier alpha value is -3.67. The van der Waals surface area contributed by atoms with Crippen LogP contribution >= 0.6 is 0 Å². The number of rotatable bonds is 9. The molecule has 0 unspecified atom stereocenters. The Balaban J connectivity index is 1.94. The van der Waals surface area contributed by atoms with E-state index in [0.717, 1.165) is 11.6 Å². The molecule has 0 aromatic heterocycles. The van der Waals surface area contributed by atoms with Crippen LogP contribution < -0.4 is 14.8 Å². The van der Waals surface area contributed by atoms with Crippen LogP contribution in [0.3, 0.4) is 0 Å². The Morgan fingerprint density at radius 3 is 2.48 bits per heavy atom. The Morgan fingerprint density at radius 1 is 1.14 bits per heavy atom. The third-order valence-electron chi connectivity index (χ3n) is 3.55. The van der Waals surface area contributed by atoms with Gasteiger partial charge in [-0.05, 0) is 42.8 Å². The van der Waals surface area contributed by atoms with Crippen LogP contribution in [0.2, 0.25) is 0 Å². The van der Waals surface area contributed by atoms with Gasteiger partial charge in [-0.25, -0.2) is 4.79 Å². The first-order valence-electron chi connectivity index (χ1n) is 8.57. The van der Waals surface area contributed by atoms with Gasteiger partial charge in [-0.1, -0.05) is 12.1 Å². The Labute approximate surface area is 165 Å². The first-order valence-corrected chi connectivity index (χ1v) is 8.57. The fourth-order valence-corrected chi connectivity index (χ4v) is 2.31. The number of anilines is 1. The molecule has 0 fully saturated rings. The van der Waals surface area contributed by atoms with Gasteiger partial charge in [-0.2, -0.15) is 14.0 Å². The van der Waals surface area contributed by atoms with Gasteiger partial charge >= 0.3 is 12.6 Å². The highest BCUT2D eigenvalue weighted by Crippen LogP contribution is 2.30. The molecule has 1 amide bonds. The molecular formula is C20H18F2N2O5. The summed E-state index contributed by atoms with van der Waals surface area (Å²) in [5.41, 5.74) is 1.31. The van der Waals surface area contributed by atoms with Crippen molar-refractivity contribution in [1.29, 1.82) is 5.26 Å². The monoisotopic (exact) mass is 404 g/mol. The van der Waals surface area contributed by atoms with Crippen LogP contribution in [0.1, 0.15) is 22.8 Å². The summed E-state index contributed by atoms with van der Waals surface area (Å²) in [7, 11) is 0. The van der Waals surface area contributed by atoms with Gasteiger partial charge < -0.3 is 19.5 Å². The van der Waals surface area contributed by atoms with Crippen LogP contribution in [0.5, 0.6) is 11.5 Å². The number of hydrogen-bond acceptors (Lipinski definition) is 6. The number of esters is 1. The minimum Gasteiger partial charge on any atom is -0.490 e. The van der Waals surface area contributed by atoms with E-state index in [1.54, 1.807) is 31.2 Å². The summed E-state index contributed by atoms with van der Waals surface area (Å²) >= 11 is 0. The lowest BCUT2D eigenvalue weighted by Gasteiger charge is -2.12. The van der Waals surface area contributed by atoms with E-state index in [1.165, 1.54) is 12.1 Å². The van der Waals surface area contributed by atoms with Crippen molar-refractivity contribution in [2.75, 3.05) is 18.5 Å². The molecule has 0 saturated carbocycles. The Kier molecular flexibility index (Phi) is 7.91. The summed E-state index contributed by atoms with van der Waals surface area (Å²) in [5, 5.41) is 11.2. The Bertz CT molecular complexity index is 895. The quantitative estimate of drug-likeness (QED) is 0.642. The largest absolute Gasteiger partial charge is 0.490 e. The molecule has 0 aliphatic rings. The zero-order valence-corrected chi connectivity index (χ0v) is 15.5. The number of benzene rings is 2. The number of carbonyl (C=O) groups excluding carboxylic acids is 2. The van der Waals surface area contributed by atoms with E-state index in [4.69, 9.17) is 14.7 Å². The van der Waals surface area contributed by atoms with Crippen molar-refractivity contribution >= 4 is 17.6 Å².